The topological polar surface area (TPSA) is 85.6 Å². The van der Waals surface area contributed by atoms with E-state index in [1.165, 1.54) is 19.4 Å². The first-order chi connectivity index (χ1) is 10.9. The van der Waals surface area contributed by atoms with Crippen LogP contribution in [0.5, 0.6) is 0 Å². The zero-order valence-corrected chi connectivity index (χ0v) is 13.8. The molecule has 1 fully saturated rings. The smallest absolute Gasteiger partial charge is 0.342 e. The third-order valence-electron chi connectivity index (χ3n) is 4.14. The number of aryl methyl sites for hydroxylation is 2. The van der Waals surface area contributed by atoms with Crippen LogP contribution in [0.25, 0.3) is 0 Å². The lowest BCUT2D eigenvalue weighted by atomic mass is 9.95. The highest BCUT2D eigenvalue weighted by Gasteiger charge is 2.25. The molecule has 1 atom stereocenters. The number of carbonyl (C=O) groups is 2. The maximum Gasteiger partial charge on any atom is 0.342 e. The van der Waals surface area contributed by atoms with Crippen molar-refractivity contribution in [3.8, 4) is 0 Å². The Hall–Kier alpha value is -2.11. The SMILES string of the molecule is Cc1cc(=O)oc(C)c1C(=O)OC(C)C(=O)NC1CCCCC1. The van der Waals surface area contributed by atoms with Gasteiger partial charge in [0.05, 0.1) is 0 Å². The summed E-state index contributed by atoms with van der Waals surface area (Å²) < 4.78 is 10.1. The molecule has 2 rings (SSSR count). The van der Waals surface area contributed by atoms with Crippen molar-refractivity contribution < 1.29 is 18.7 Å². The molecule has 1 saturated carbocycles. The van der Waals surface area contributed by atoms with Crippen molar-refractivity contribution in [2.75, 3.05) is 0 Å². The molecule has 126 valence electrons. The van der Waals surface area contributed by atoms with E-state index in [9.17, 15) is 14.4 Å². The van der Waals surface area contributed by atoms with E-state index in [1.807, 2.05) is 0 Å². The Kier molecular flexibility index (Phi) is 5.58. The summed E-state index contributed by atoms with van der Waals surface area (Å²) in [7, 11) is 0. The Morgan fingerprint density at radius 2 is 1.91 bits per heavy atom. The Morgan fingerprint density at radius 1 is 1.26 bits per heavy atom. The Balaban J connectivity index is 1.99. The van der Waals surface area contributed by atoms with E-state index in [2.05, 4.69) is 5.32 Å². The Morgan fingerprint density at radius 3 is 2.52 bits per heavy atom. The molecule has 1 aromatic rings. The second kappa shape index (κ2) is 7.44. The van der Waals surface area contributed by atoms with Crippen molar-refractivity contribution in [2.24, 2.45) is 0 Å². The highest BCUT2D eigenvalue weighted by Crippen LogP contribution is 2.18. The minimum absolute atomic E-state index is 0.163. The van der Waals surface area contributed by atoms with Gasteiger partial charge in [-0.3, -0.25) is 4.79 Å². The van der Waals surface area contributed by atoms with Gasteiger partial charge in [0.15, 0.2) is 6.10 Å². The second-order valence-electron chi connectivity index (χ2n) is 6.07. The molecule has 1 aliphatic carbocycles. The number of amides is 1. The van der Waals surface area contributed by atoms with Crippen LogP contribution in [0.1, 0.15) is 60.7 Å². The minimum Gasteiger partial charge on any atom is -0.449 e. The Labute approximate surface area is 135 Å². The van der Waals surface area contributed by atoms with E-state index in [4.69, 9.17) is 9.15 Å². The summed E-state index contributed by atoms with van der Waals surface area (Å²) in [5.74, 6) is -0.757. The van der Waals surface area contributed by atoms with Gasteiger partial charge in [-0.1, -0.05) is 19.3 Å². The molecule has 6 nitrogen and oxygen atoms in total. The van der Waals surface area contributed by atoms with Crippen LogP contribution in [0.4, 0.5) is 0 Å². The monoisotopic (exact) mass is 321 g/mol. The largest absolute Gasteiger partial charge is 0.449 e. The highest BCUT2D eigenvalue weighted by atomic mass is 16.5. The standard InChI is InChI=1S/C17H23NO5/c1-10-9-14(19)22-11(2)15(10)17(21)23-12(3)16(20)18-13-7-5-4-6-8-13/h9,12-13H,4-8H2,1-3H3,(H,18,20). The molecule has 1 heterocycles. The van der Waals surface area contributed by atoms with E-state index in [0.29, 0.717) is 5.56 Å². The summed E-state index contributed by atoms with van der Waals surface area (Å²) in [4.78, 5) is 35.6. The number of ether oxygens (including phenoxy) is 1. The number of esters is 1. The number of hydrogen-bond donors (Lipinski definition) is 1. The number of rotatable bonds is 4. The summed E-state index contributed by atoms with van der Waals surface area (Å²) in [6.45, 7) is 4.70. The van der Waals surface area contributed by atoms with E-state index in [-0.39, 0.29) is 23.3 Å². The molecule has 1 unspecified atom stereocenters. The van der Waals surface area contributed by atoms with Gasteiger partial charge in [0.2, 0.25) is 0 Å². The highest BCUT2D eigenvalue weighted by molar-refractivity contribution is 5.94. The average molecular weight is 321 g/mol. The molecule has 0 saturated heterocycles. The molecule has 1 aliphatic rings. The van der Waals surface area contributed by atoms with Crippen molar-refractivity contribution in [2.45, 2.75) is 65.0 Å². The van der Waals surface area contributed by atoms with Crippen LogP contribution in [-0.2, 0) is 9.53 Å². The molecular weight excluding hydrogens is 298 g/mol. The molecule has 1 aromatic heterocycles. The van der Waals surface area contributed by atoms with Crippen molar-refractivity contribution in [1.82, 2.24) is 5.32 Å². The van der Waals surface area contributed by atoms with Crippen LogP contribution >= 0.6 is 0 Å². The van der Waals surface area contributed by atoms with Crippen LogP contribution < -0.4 is 10.9 Å². The maximum absolute atomic E-state index is 12.2. The van der Waals surface area contributed by atoms with Gasteiger partial charge in [-0.15, -0.1) is 0 Å². The van der Waals surface area contributed by atoms with Gasteiger partial charge in [0.25, 0.3) is 5.91 Å². The predicted molar refractivity (Wildman–Crippen MR) is 84.3 cm³/mol. The molecular formula is C17H23NO5. The molecule has 0 bridgehead atoms. The van der Waals surface area contributed by atoms with Crippen LogP contribution in [0.3, 0.4) is 0 Å². The fourth-order valence-electron chi connectivity index (χ4n) is 2.90. The first-order valence-electron chi connectivity index (χ1n) is 8.01. The van der Waals surface area contributed by atoms with Crippen LogP contribution in [0.2, 0.25) is 0 Å². The van der Waals surface area contributed by atoms with Crippen molar-refractivity contribution >= 4 is 11.9 Å². The first kappa shape index (κ1) is 17.2. The molecule has 23 heavy (non-hydrogen) atoms. The third-order valence-corrected chi connectivity index (χ3v) is 4.14. The zero-order chi connectivity index (χ0) is 17.0. The van der Waals surface area contributed by atoms with E-state index < -0.39 is 17.7 Å². The Bertz CT molecular complexity index is 617. The normalized spacial score (nSPS) is 16.7. The summed E-state index contributed by atoms with van der Waals surface area (Å²) in [6, 6.07) is 1.40. The van der Waals surface area contributed by atoms with Gasteiger partial charge in [0.1, 0.15) is 11.3 Å². The summed E-state index contributed by atoms with van der Waals surface area (Å²) >= 11 is 0. The van der Waals surface area contributed by atoms with Gasteiger partial charge >= 0.3 is 11.6 Å². The molecule has 0 radical (unpaired) electrons. The van der Waals surface area contributed by atoms with Gasteiger partial charge < -0.3 is 14.5 Å². The predicted octanol–water partition coefficient (Wildman–Crippen LogP) is 2.25. The van der Waals surface area contributed by atoms with E-state index in [0.717, 1.165) is 25.7 Å². The van der Waals surface area contributed by atoms with Gasteiger partial charge in [-0.25, -0.2) is 9.59 Å². The van der Waals surface area contributed by atoms with Crippen molar-refractivity contribution in [3.05, 3.63) is 33.4 Å². The quantitative estimate of drug-likeness (QED) is 0.860. The number of nitrogens with one attached hydrogen (secondary N) is 1. The van der Waals surface area contributed by atoms with Gasteiger partial charge in [-0.05, 0) is 39.2 Å². The van der Waals surface area contributed by atoms with Gasteiger partial charge in [-0.2, -0.15) is 0 Å². The third kappa shape index (κ3) is 4.43. The average Bonchev–Trinajstić information content (AvgIpc) is 2.47. The number of hydrogen-bond acceptors (Lipinski definition) is 5. The summed E-state index contributed by atoms with van der Waals surface area (Å²) in [5, 5.41) is 2.92. The maximum atomic E-state index is 12.2. The van der Waals surface area contributed by atoms with Crippen molar-refractivity contribution in [1.29, 1.82) is 0 Å². The minimum atomic E-state index is -0.893. The van der Waals surface area contributed by atoms with E-state index in [1.54, 1.807) is 13.8 Å². The molecule has 6 heteroatoms. The fourth-order valence-corrected chi connectivity index (χ4v) is 2.90. The molecule has 0 spiro atoms. The van der Waals surface area contributed by atoms with Crippen LogP contribution in [0, 0.1) is 13.8 Å². The molecule has 1 amide bonds. The molecule has 0 aliphatic heterocycles. The lowest BCUT2D eigenvalue weighted by molar-refractivity contribution is -0.130. The lowest BCUT2D eigenvalue weighted by Crippen LogP contribution is -2.42. The molecule has 1 N–H and O–H groups in total. The lowest BCUT2D eigenvalue weighted by Gasteiger charge is -2.24. The molecule has 0 aromatic carbocycles. The first-order valence-corrected chi connectivity index (χ1v) is 8.01. The number of carbonyl (C=O) groups excluding carboxylic acids is 2. The fraction of sp³-hybridized carbons (Fsp3) is 0.588. The van der Waals surface area contributed by atoms with Crippen molar-refractivity contribution in [3.63, 3.8) is 0 Å². The van der Waals surface area contributed by atoms with E-state index >= 15 is 0 Å². The van der Waals surface area contributed by atoms with Gasteiger partial charge in [0, 0.05) is 12.1 Å². The van der Waals surface area contributed by atoms with Crippen LogP contribution in [0.15, 0.2) is 15.3 Å². The summed E-state index contributed by atoms with van der Waals surface area (Å²) in [5.41, 5.74) is 0.158. The summed E-state index contributed by atoms with van der Waals surface area (Å²) in [6.07, 6.45) is 4.47. The zero-order valence-electron chi connectivity index (χ0n) is 13.8. The second-order valence-corrected chi connectivity index (χ2v) is 6.07. The van der Waals surface area contributed by atoms with Crippen LogP contribution in [-0.4, -0.2) is 24.0 Å².